The molecule has 1 aromatic heterocycles. The van der Waals surface area contributed by atoms with Gasteiger partial charge in [-0.05, 0) is 52.4 Å². The van der Waals surface area contributed by atoms with Crippen LogP contribution in [0.3, 0.4) is 0 Å². The lowest BCUT2D eigenvalue weighted by Gasteiger charge is -2.07. The minimum absolute atomic E-state index is 0.258. The molecular formula is C16H13BrN4O3S. The van der Waals surface area contributed by atoms with Crippen molar-refractivity contribution in [2.75, 3.05) is 13.9 Å². The number of ether oxygens (including phenoxy) is 3. The van der Waals surface area contributed by atoms with Crippen LogP contribution in [0.15, 0.2) is 46.0 Å². The van der Waals surface area contributed by atoms with E-state index in [2.05, 4.69) is 31.5 Å². The molecule has 25 heavy (non-hydrogen) atoms. The van der Waals surface area contributed by atoms with Gasteiger partial charge in [0, 0.05) is 10.2 Å². The Labute approximate surface area is 156 Å². The normalized spacial score (nSPS) is 12.4. The summed E-state index contributed by atoms with van der Waals surface area (Å²) in [5, 5.41) is 12.7. The van der Waals surface area contributed by atoms with Crippen molar-refractivity contribution in [3.8, 4) is 22.9 Å². The predicted octanol–water partition coefficient (Wildman–Crippen LogP) is 3.45. The van der Waals surface area contributed by atoms with E-state index < -0.39 is 0 Å². The average Bonchev–Trinajstić information content (AvgIpc) is 3.28. The van der Waals surface area contributed by atoms with Crippen molar-refractivity contribution >= 4 is 27.7 Å². The molecule has 1 aliphatic heterocycles. The Kier molecular flexibility index (Phi) is 4.50. The molecule has 0 saturated carbocycles. The van der Waals surface area contributed by atoms with E-state index in [1.807, 2.05) is 36.4 Å². The summed E-state index contributed by atoms with van der Waals surface area (Å²) in [6, 6.07) is 11.5. The SMILES string of the molecule is COc1ccc(-n2nnnc2SCc2cc3c(cc2Br)OCO3)cc1. The van der Waals surface area contributed by atoms with Crippen LogP contribution in [0.25, 0.3) is 5.69 Å². The molecule has 0 atom stereocenters. The molecule has 2 aromatic carbocycles. The number of nitrogens with zero attached hydrogens (tertiary/aromatic N) is 4. The molecule has 0 N–H and O–H groups in total. The third-order valence-electron chi connectivity index (χ3n) is 3.66. The van der Waals surface area contributed by atoms with Gasteiger partial charge in [-0.2, -0.15) is 4.68 Å². The average molecular weight is 421 g/mol. The fraction of sp³-hybridized carbons (Fsp3) is 0.188. The van der Waals surface area contributed by atoms with Gasteiger partial charge in [0.25, 0.3) is 0 Å². The van der Waals surface area contributed by atoms with Gasteiger partial charge in [-0.15, -0.1) is 5.10 Å². The largest absolute Gasteiger partial charge is 0.497 e. The quantitative estimate of drug-likeness (QED) is 0.585. The molecular weight excluding hydrogens is 408 g/mol. The minimum Gasteiger partial charge on any atom is -0.497 e. The Balaban J connectivity index is 1.53. The first-order valence-electron chi connectivity index (χ1n) is 7.38. The molecule has 0 unspecified atom stereocenters. The molecule has 0 bridgehead atoms. The number of aromatic nitrogens is 4. The van der Waals surface area contributed by atoms with Gasteiger partial charge < -0.3 is 14.2 Å². The summed E-state index contributed by atoms with van der Waals surface area (Å²) >= 11 is 5.11. The number of methoxy groups -OCH3 is 1. The number of hydrogen-bond acceptors (Lipinski definition) is 7. The van der Waals surface area contributed by atoms with Crippen molar-refractivity contribution in [3.63, 3.8) is 0 Å². The highest BCUT2D eigenvalue weighted by Crippen LogP contribution is 2.38. The molecule has 9 heteroatoms. The highest BCUT2D eigenvalue weighted by atomic mass is 79.9. The zero-order chi connectivity index (χ0) is 17.2. The Morgan fingerprint density at radius 2 is 1.96 bits per heavy atom. The third-order valence-corrected chi connectivity index (χ3v) is 5.36. The minimum atomic E-state index is 0.258. The molecule has 0 fully saturated rings. The molecule has 0 saturated heterocycles. The first kappa shape index (κ1) is 16.2. The van der Waals surface area contributed by atoms with Gasteiger partial charge in [0.15, 0.2) is 11.5 Å². The summed E-state index contributed by atoms with van der Waals surface area (Å²) in [6.07, 6.45) is 0. The molecule has 0 radical (unpaired) electrons. The second-order valence-corrected chi connectivity index (χ2v) is 6.95. The summed E-state index contributed by atoms with van der Waals surface area (Å²) in [4.78, 5) is 0. The smallest absolute Gasteiger partial charge is 0.231 e. The molecule has 0 aliphatic carbocycles. The van der Waals surface area contributed by atoms with Crippen molar-refractivity contribution < 1.29 is 14.2 Å². The molecule has 1 aliphatic rings. The van der Waals surface area contributed by atoms with E-state index in [1.54, 1.807) is 23.6 Å². The topological polar surface area (TPSA) is 71.3 Å². The van der Waals surface area contributed by atoms with E-state index in [4.69, 9.17) is 14.2 Å². The van der Waals surface area contributed by atoms with Gasteiger partial charge in [0.2, 0.25) is 11.9 Å². The van der Waals surface area contributed by atoms with E-state index in [9.17, 15) is 0 Å². The third kappa shape index (κ3) is 3.29. The van der Waals surface area contributed by atoms with Crippen LogP contribution in [0.2, 0.25) is 0 Å². The number of hydrogen-bond donors (Lipinski definition) is 0. The molecule has 0 amide bonds. The van der Waals surface area contributed by atoms with E-state index in [0.717, 1.165) is 33.0 Å². The highest BCUT2D eigenvalue weighted by Gasteiger charge is 2.17. The fourth-order valence-corrected chi connectivity index (χ4v) is 3.90. The van der Waals surface area contributed by atoms with Gasteiger partial charge in [-0.25, -0.2) is 0 Å². The number of halogens is 1. The van der Waals surface area contributed by atoms with Gasteiger partial charge in [-0.3, -0.25) is 0 Å². The Morgan fingerprint density at radius 1 is 1.20 bits per heavy atom. The van der Waals surface area contributed by atoms with E-state index in [0.29, 0.717) is 10.9 Å². The van der Waals surface area contributed by atoms with Crippen molar-refractivity contribution in [1.82, 2.24) is 20.2 Å². The maximum atomic E-state index is 5.44. The summed E-state index contributed by atoms with van der Waals surface area (Å²) in [7, 11) is 1.64. The standard InChI is InChI=1S/C16H13BrN4O3S/c1-22-12-4-2-11(3-5-12)21-16(18-19-20-21)25-8-10-6-14-15(7-13(10)17)24-9-23-14/h2-7H,8-9H2,1H3. The molecule has 0 spiro atoms. The number of rotatable bonds is 5. The van der Waals surface area contributed by atoms with E-state index in [1.165, 1.54) is 0 Å². The monoisotopic (exact) mass is 420 g/mol. The Morgan fingerprint density at radius 3 is 2.72 bits per heavy atom. The van der Waals surface area contributed by atoms with Crippen LogP contribution in [0.4, 0.5) is 0 Å². The lowest BCUT2D eigenvalue weighted by atomic mass is 10.2. The molecule has 7 nitrogen and oxygen atoms in total. The first-order chi connectivity index (χ1) is 12.2. The van der Waals surface area contributed by atoms with Gasteiger partial charge in [0.1, 0.15) is 5.75 Å². The summed E-state index contributed by atoms with van der Waals surface area (Å²) in [5.41, 5.74) is 1.96. The Bertz CT molecular complexity index is 901. The van der Waals surface area contributed by atoms with Crippen molar-refractivity contribution in [2.45, 2.75) is 10.9 Å². The number of thioether (sulfide) groups is 1. The van der Waals surface area contributed by atoms with Crippen LogP contribution in [0.5, 0.6) is 17.2 Å². The van der Waals surface area contributed by atoms with E-state index >= 15 is 0 Å². The van der Waals surface area contributed by atoms with Crippen molar-refractivity contribution in [1.29, 1.82) is 0 Å². The van der Waals surface area contributed by atoms with Crippen LogP contribution in [-0.4, -0.2) is 34.1 Å². The van der Waals surface area contributed by atoms with Crippen LogP contribution in [0.1, 0.15) is 5.56 Å². The molecule has 4 rings (SSSR count). The highest BCUT2D eigenvalue weighted by molar-refractivity contribution is 9.10. The summed E-state index contributed by atoms with van der Waals surface area (Å²) in [5.74, 6) is 2.99. The first-order valence-corrected chi connectivity index (χ1v) is 9.16. The second kappa shape index (κ2) is 6.93. The van der Waals surface area contributed by atoms with Crippen LogP contribution < -0.4 is 14.2 Å². The number of tetrazole rings is 1. The number of benzene rings is 2. The molecule has 2 heterocycles. The number of fused-ring (bicyclic) bond motifs is 1. The van der Waals surface area contributed by atoms with Crippen LogP contribution in [-0.2, 0) is 5.75 Å². The Hall–Kier alpha value is -2.26. The second-order valence-electron chi connectivity index (χ2n) is 5.16. The molecule has 128 valence electrons. The predicted molar refractivity (Wildman–Crippen MR) is 95.5 cm³/mol. The summed E-state index contributed by atoms with van der Waals surface area (Å²) < 4.78 is 18.7. The summed E-state index contributed by atoms with van der Waals surface area (Å²) in [6.45, 7) is 0.258. The van der Waals surface area contributed by atoms with Gasteiger partial charge in [0.05, 0.1) is 12.8 Å². The van der Waals surface area contributed by atoms with Crippen molar-refractivity contribution in [3.05, 3.63) is 46.4 Å². The van der Waals surface area contributed by atoms with Gasteiger partial charge in [-0.1, -0.05) is 27.7 Å². The lowest BCUT2D eigenvalue weighted by molar-refractivity contribution is 0.174. The van der Waals surface area contributed by atoms with Crippen LogP contribution in [0, 0.1) is 0 Å². The van der Waals surface area contributed by atoms with Crippen molar-refractivity contribution in [2.24, 2.45) is 0 Å². The zero-order valence-corrected chi connectivity index (χ0v) is 15.6. The maximum absolute atomic E-state index is 5.44. The van der Waals surface area contributed by atoms with Crippen LogP contribution >= 0.6 is 27.7 Å². The maximum Gasteiger partial charge on any atom is 0.231 e. The lowest BCUT2D eigenvalue weighted by Crippen LogP contribution is -1.99. The fourth-order valence-electron chi connectivity index (χ4n) is 2.37. The molecule has 3 aromatic rings. The van der Waals surface area contributed by atoms with Gasteiger partial charge >= 0.3 is 0 Å². The van der Waals surface area contributed by atoms with E-state index in [-0.39, 0.29) is 6.79 Å². The zero-order valence-electron chi connectivity index (χ0n) is 13.2.